The normalized spacial score (nSPS) is 10.7. The van der Waals surface area contributed by atoms with E-state index in [9.17, 15) is 0 Å². The molecule has 94 valence electrons. The highest BCUT2D eigenvalue weighted by atomic mass is 15.3. The van der Waals surface area contributed by atoms with Crippen molar-refractivity contribution in [3.8, 4) is 0 Å². The van der Waals surface area contributed by atoms with Gasteiger partial charge in [-0.05, 0) is 17.7 Å². The van der Waals surface area contributed by atoms with Crippen LogP contribution in [0.4, 0.5) is 0 Å². The molecule has 0 saturated carbocycles. The third kappa shape index (κ3) is 2.06. The minimum Gasteiger partial charge on any atom is -0.382 e. The molecule has 3 rings (SSSR count). The van der Waals surface area contributed by atoms with Gasteiger partial charge in [0.25, 0.3) is 0 Å². The SMILES string of the molecule is N=C(N)c1nn(Cc2ccccc2)c2ncccc12. The summed E-state index contributed by atoms with van der Waals surface area (Å²) < 4.78 is 1.78. The zero-order chi connectivity index (χ0) is 13.2. The van der Waals surface area contributed by atoms with Crippen LogP contribution in [-0.2, 0) is 6.54 Å². The Morgan fingerprint density at radius 2 is 1.95 bits per heavy atom. The molecule has 2 heterocycles. The second-order valence-corrected chi connectivity index (χ2v) is 4.28. The van der Waals surface area contributed by atoms with E-state index in [2.05, 4.69) is 10.1 Å². The maximum Gasteiger partial charge on any atom is 0.158 e. The first-order valence-electron chi connectivity index (χ1n) is 5.95. The predicted molar refractivity (Wildman–Crippen MR) is 74.1 cm³/mol. The fourth-order valence-electron chi connectivity index (χ4n) is 2.07. The van der Waals surface area contributed by atoms with Gasteiger partial charge in [-0.1, -0.05) is 30.3 Å². The third-order valence-electron chi connectivity index (χ3n) is 2.94. The van der Waals surface area contributed by atoms with Crippen molar-refractivity contribution in [2.24, 2.45) is 5.73 Å². The van der Waals surface area contributed by atoms with E-state index in [0.29, 0.717) is 12.2 Å². The molecule has 0 fully saturated rings. The summed E-state index contributed by atoms with van der Waals surface area (Å²) in [6, 6.07) is 13.7. The van der Waals surface area contributed by atoms with Gasteiger partial charge in [0, 0.05) is 6.20 Å². The molecule has 2 aromatic heterocycles. The van der Waals surface area contributed by atoms with Gasteiger partial charge in [-0.15, -0.1) is 0 Å². The zero-order valence-corrected chi connectivity index (χ0v) is 10.2. The lowest BCUT2D eigenvalue weighted by Gasteiger charge is -2.02. The first kappa shape index (κ1) is 11.4. The lowest BCUT2D eigenvalue weighted by molar-refractivity contribution is 0.701. The molecule has 3 N–H and O–H groups in total. The summed E-state index contributed by atoms with van der Waals surface area (Å²) in [6.07, 6.45) is 1.72. The quantitative estimate of drug-likeness (QED) is 0.550. The molecule has 0 aliphatic rings. The summed E-state index contributed by atoms with van der Waals surface area (Å²) in [4.78, 5) is 4.33. The van der Waals surface area contributed by atoms with Crippen LogP contribution in [0.25, 0.3) is 11.0 Å². The molecule has 0 amide bonds. The van der Waals surface area contributed by atoms with Gasteiger partial charge in [0.1, 0.15) is 11.5 Å². The van der Waals surface area contributed by atoms with E-state index < -0.39 is 0 Å². The molecule has 3 aromatic rings. The molecule has 1 aromatic carbocycles. The average molecular weight is 251 g/mol. The zero-order valence-electron chi connectivity index (χ0n) is 10.2. The maximum atomic E-state index is 7.58. The van der Waals surface area contributed by atoms with Gasteiger partial charge in [-0.2, -0.15) is 5.10 Å². The molecule has 0 saturated heterocycles. The van der Waals surface area contributed by atoms with Gasteiger partial charge >= 0.3 is 0 Å². The summed E-state index contributed by atoms with van der Waals surface area (Å²) in [6.45, 7) is 0.613. The van der Waals surface area contributed by atoms with E-state index >= 15 is 0 Å². The first-order chi connectivity index (χ1) is 9.25. The van der Waals surface area contributed by atoms with Crippen LogP contribution in [0.2, 0.25) is 0 Å². The number of hydrogen-bond acceptors (Lipinski definition) is 3. The molecule has 19 heavy (non-hydrogen) atoms. The topological polar surface area (TPSA) is 80.6 Å². The molecule has 0 radical (unpaired) electrons. The van der Waals surface area contributed by atoms with Crippen molar-refractivity contribution in [1.29, 1.82) is 5.41 Å². The van der Waals surface area contributed by atoms with Crippen LogP contribution in [-0.4, -0.2) is 20.6 Å². The van der Waals surface area contributed by atoms with Crippen molar-refractivity contribution in [3.63, 3.8) is 0 Å². The van der Waals surface area contributed by atoms with E-state index in [1.54, 1.807) is 10.9 Å². The van der Waals surface area contributed by atoms with E-state index in [0.717, 1.165) is 16.6 Å². The number of nitrogens with one attached hydrogen (secondary N) is 1. The predicted octanol–water partition coefficient (Wildman–Crippen LogP) is 1.76. The Hall–Kier alpha value is -2.69. The van der Waals surface area contributed by atoms with Gasteiger partial charge < -0.3 is 5.73 Å². The monoisotopic (exact) mass is 251 g/mol. The highest BCUT2D eigenvalue weighted by Crippen LogP contribution is 2.16. The number of benzene rings is 1. The number of nitrogens with two attached hydrogens (primary N) is 1. The van der Waals surface area contributed by atoms with E-state index in [4.69, 9.17) is 11.1 Å². The number of fused-ring (bicyclic) bond motifs is 1. The minimum absolute atomic E-state index is 0.0372. The summed E-state index contributed by atoms with van der Waals surface area (Å²) in [7, 11) is 0. The molecule has 0 aliphatic heterocycles. The molecular formula is C14H13N5. The van der Waals surface area contributed by atoms with Gasteiger partial charge in [0.15, 0.2) is 5.65 Å². The van der Waals surface area contributed by atoms with Crippen LogP contribution in [0.3, 0.4) is 0 Å². The minimum atomic E-state index is -0.0372. The smallest absolute Gasteiger partial charge is 0.158 e. The fourth-order valence-corrected chi connectivity index (χ4v) is 2.07. The highest BCUT2D eigenvalue weighted by molar-refractivity contribution is 6.04. The second kappa shape index (κ2) is 4.53. The number of amidine groups is 1. The van der Waals surface area contributed by atoms with Crippen LogP contribution in [0.1, 0.15) is 11.3 Å². The third-order valence-corrected chi connectivity index (χ3v) is 2.94. The van der Waals surface area contributed by atoms with Crippen LogP contribution >= 0.6 is 0 Å². The Morgan fingerprint density at radius 1 is 1.16 bits per heavy atom. The van der Waals surface area contributed by atoms with Crippen LogP contribution in [0, 0.1) is 5.41 Å². The van der Waals surface area contributed by atoms with Crippen LogP contribution in [0.15, 0.2) is 48.7 Å². The van der Waals surface area contributed by atoms with Crippen molar-refractivity contribution >= 4 is 16.9 Å². The summed E-state index contributed by atoms with van der Waals surface area (Å²) in [5.74, 6) is -0.0372. The molecule has 0 unspecified atom stereocenters. The number of pyridine rings is 1. The van der Waals surface area contributed by atoms with Crippen molar-refractivity contribution in [1.82, 2.24) is 14.8 Å². The standard InChI is InChI=1S/C14H13N5/c15-13(16)12-11-7-4-8-17-14(11)19(18-12)9-10-5-2-1-3-6-10/h1-8H,9H2,(H3,15,16). The van der Waals surface area contributed by atoms with Gasteiger partial charge in [-0.25, -0.2) is 9.67 Å². The van der Waals surface area contributed by atoms with Crippen molar-refractivity contribution in [2.45, 2.75) is 6.54 Å². The van der Waals surface area contributed by atoms with Crippen molar-refractivity contribution < 1.29 is 0 Å². The molecule has 0 spiro atoms. The lowest BCUT2D eigenvalue weighted by atomic mass is 10.2. The summed E-state index contributed by atoms with van der Waals surface area (Å²) >= 11 is 0. The Labute approximate surface area is 110 Å². The van der Waals surface area contributed by atoms with Crippen molar-refractivity contribution in [2.75, 3.05) is 0 Å². The van der Waals surface area contributed by atoms with Gasteiger partial charge in [0.2, 0.25) is 0 Å². The van der Waals surface area contributed by atoms with E-state index in [-0.39, 0.29) is 5.84 Å². The Balaban J connectivity index is 2.11. The highest BCUT2D eigenvalue weighted by Gasteiger charge is 2.13. The second-order valence-electron chi connectivity index (χ2n) is 4.28. The average Bonchev–Trinajstić information content (AvgIpc) is 2.79. The number of nitrogens with zero attached hydrogens (tertiary/aromatic N) is 3. The Kier molecular flexibility index (Phi) is 2.72. The molecule has 0 bridgehead atoms. The Bertz CT molecular complexity index is 730. The molecule has 5 heteroatoms. The van der Waals surface area contributed by atoms with Crippen LogP contribution in [0.5, 0.6) is 0 Å². The number of nitrogen functional groups attached to an aromatic ring is 1. The summed E-state index contributed by atoms with van der Waals surface area (Å²) in [5, 5.41) is 12.8. The van der Waals surface area contributed by atoms with E-state index in [1.807, 2.05) is 42.5 Å². The largest absolute Gasteiger partial charge is 0.382 e. The molecule has 5 nitrogen and oxygen atoms in total. The maximum absolute atomic E-state index is 7.58. The lowest BCUT2D eigenvalue weighted by Crippen LogP contribution is -2.13. The Morgan fingerprint density at radius 3 is 2.68 bits per heavy atom. The number of aromatic nitrogens is 3. The molecule has 0 atom stereocenters. The molecular weight excluding hydrogens is 238 g/mol. The van der Waals surface area contributed by atoms with Gasteiger partial charge in [-0.3, -0.25) is 5.41 Å². The van der Waals surface area contributed by atoms with Crippen LogP contribution < -0.4 is 5.73 Å². The van der Waals surface area contributed by atoms with Crippen molar-refractivity contribution in [3.05, 3.63) is 59.9 Å². The van der Waals surface area contributed by atoms with E-state index in [1.165, 1.54) is 0 Å². The number of rotatable bonds is 3. The number of hydrogen-bond donors (Lipinski definition) is 2. The first-order valence-corrected chi connectivity index (χ1v) is 5.95. The fraction of sp³-hybridized carbons (Fsp3) is 0.0714. The van der Waals surface area contributed by atoms with Gasteiger partial charge in [0.05, 0.1) is 11.9 Å². The summed E-state index contributed by atoms with van der Waals surface area (Å²) in [5.41, 5.74) is 7.93. The molecule has 0 aliphatic carbocycles.